The van der Waals surface area contributed by atoms with E-state index in [-0.39, 0.29) is 23.3 Å². The molecule has 18 heavy (non-hydrogen) atoms. The van der Waals surface area contributed by atoms with E-state index in [9.17, 15) is 18.0 Å². The Kier molecular flexibility index (Phi) is 4.33. The molecule has 0 spiro atoms. The van der Waals surface area contributed by atoms with Crippen molar-refractivity contribution in [2.24, 2.45) is 0 Å². The standard InChI is InChI=1S/C10H12F3NO4/c1-5(2)7-8(9(15)16)18-6(14-7)3-17-4-10(11,12)13/h5H,3-4H2,1-2H3,(H,15,16). The maximum absolute atomic E-state index is 11.8. The molecule has 5 nitrogen and oxygen atoms in total. The van der Waals surface area contributed by atoms with Gasteiger partial charge in [0, 0.05) is 0 Å². The van der Waals surface area contributed by atoms with Crippen molar-refractivity contribution in [3.05, 3.63) is 17.3 Å². The Balaban J connectivity index is 2.73. The molecular weight excluding hydrogens is 255 g/mol. The summed E-state index contributed by atoms with van der Waals surface area (Å²) in [6.45, 7) is 1.44. The first-order valence-electron chi connectivity index (χ1n) is 5.08. The molecule has 0 aliphatic carbocycles. The van der Waals surface area contributed by atoms with E-state index in [0.29, 0.717) is 0 Å². The minimum atomic E-state index is -4.44. The van der Waals surface area contributed by atoms with Gasteiger partial charge in [-0.3, -0.25) is 0 Å². The molecule has 0 fully saturated rings. The fourth-order valence-electron chi connectivity index (χ4n) is 1.24. The van der Waals surface area contributed by atoms with Crippen LogP contribution in [0.2, 0.25) is 0 Å². The summed E-state index contributed by atoms with van der Waals surface area (Å²) in [5.41, 5.74) is 0.188. The summed E-state index contributed by atoms with van der Waals surface area (Å²) in [7, 11) is 0. The smallest absolute Gasteiger partial charge is 0.411 e. The second-order valence-corrected chi connectivity index (χ2v) is 3.89. The third kappa shape index (κ3) is 4.02. The van der Waals surface area contributed by atoms with Crippen LogP contribution < -0.4 is 0 Å². The quantitative estimate of drug-likeness (QED) is 0.887. The molecular formula is C10H12F3NO4. The highest BCUT2D eigenvalue weighted by atomic mass is 19.4. The Labute approximate surface area is 101 Å². The highest BCUT2D eigenvalue weighted by Gasteiger charge is 2.28. The van der Waals surface area contributed by atoms with Crippen LogP contribution in [0.15, 0.2) is 4.42 Å². The Hall–Kier alpha value is -1.57. The topological polar surface area (TPSA) is 72.6 Å². The molecule has 0 saturated heterocycles. The molecule has 0 aliphatic heterocycles. The van der Waals surface area contributed by atoms with Crippen LogP contribution in [0.1, 0.15) is 41.9 Å². The minimum Gasteiger partial charge on any atom is -0.475 e. The van der Waals surface area contributed by atoms with E-state index < -0.39 is 25.4 Å². The number of hydrogen-bond donors (Lipinski definition) is 1. The van der Waals surface area contributed by atoms with Gasteiger partial charge in [0.15, 0.2) is 0 Å². The number of nitrogens with zero attached hydrogens (tertiary/aromatic N) is 1. The van der Waals surface area contributed by atoms with Crippen molar-refractivity contribution in [1.29, 1.82) is 0 Å². The van der Waals surface area contributed by atoms with Gasteiger partial charge in [-0.05, 0) is 5.92 Å². The number of alkyl halides is 3. The lowest BCUT2D eigenvalue weighted by atomic mass is 10.1. The van der Waals surface area contributed by atoms with Crippen molar-refractivity contribution in [1.82, 2.24) is 4.98 Å². The van der Waals surface area contributed by atoms with Gasteiger partial charge in [0.2, 0.25) is 11.7 Å². The lowest BCUT2D eigenvalue weighted by Crippen LogP contribution is -2.16. The summed E-state index contributed by atoms with van der Waals surface area (Å²) < 4.78 is 44.7. The van der Waals surface area contributed by atoms with Gasteiger partial charge in [-0.2, -0.15) is 13.2 Å². The predicted molar refractivity (Wildman–Crippen MR) is 53.3 cm³/mol. The van der Waals surface area contributed by atoms with E-state index in [4.69, 9.17) is 9.52 Å². The van der Waals surface area contributed by atoms with Crippen LogP contribution in [0.3, 0.4) is 0 Å². The first-order valence-corrected chi connectivity index (χ1v) is 5.08. The predicted octanol–water partition coefficient (Wildman–Crippen LogP) is 2.58. The fourth-order valence-corrected chi connectivity index (χ4v) is 1.24. The van der Waals surface area contributed by atoms with E-state index in [1.807, 2.05) is 0 Å². The number of aromatic carboxylic acids is 1. The van der Waals surface area contributed by atoms with Crippen LogP contribution >= 0.6 is 0 Å². The zero-order valence-corrected chi connectivity index (χ0v) is 9.74. The molecule has 0 amide bonds. The Bertz CT molecular complexity index is 425. The summed E-state index contributed by atoms with van der Waals surface area (Å²) in [4.78, 5) is 14.6. The first kappa shape index (κ1) is 14.5. The molecule has 0 unspecified atom stereocenters. The molecule has 1 aromatic heterocycles. The molecule has 102 valence electrons. The van der Waals surface area contributed by atoms with Crippen molar-refractivity contribution in [2.45, 2.75) is 32.5 Å². The van der Waals surface area contributed by atoms with Gasteiger partial charge in [0.05, 0.1) is 5.69 Å². The van der Waals surface area contributed by atoms with Gasteiger partial charge >= 0.3 is 12.1 Å². The number of carbonyl (C=O) groups is 1. The van der Waals surface area contributed by atoms with E-state index in [0.717, 1.165) is 0 Å². The third-order valence-electron chi connectivity index (χ3n) is 1.93. The average molecular weight is 267 g/mol. The summed E-state index contributed by atoms with van der Waals surface area (Å²) >= 11 is 0. The van der Waals surface area contributed by atoms with Gasteiger partial charge in [0.1, 0.15) is 13.2 Å². The van der Waals surface area contributed by atoms with Gasteiger partial charge in [-0.25, -0.2) is 9.78 Å². The van der Waals surface area contributed by atoms with Crippen LogP contribution in [0.25, 0.3) is 0 Å². The van der Waals surface area contributed by atoms with Crippen LogP contribution in [-0.4, -0.2) is 28.8 Å². The van der Waals surface area contributed by atoms with E-state index in [2.05, 4.69) is 9.72 Å². The molecule has 1 aromatic rings. The highest BCUT2D eigenvalue weighted by Crippen LogP contribution is 2.21. The van der Waals surface area contributed by atoms with Gasteiger partial charge < -0.3 is 14.3 Å². The maximum atomic E-state index is 11.8. The molecule has 0 aliphatic rings. The van der Waals surface area contributed by atoms with E-state index in [1.165, 1.54) is 0 Å². The van der Waals surface area contributed by atoms with Crippen molar-refractivity contribution < 1.29 is 32.2 Å². The SMILES string of the molecule is CC(C)c1nc(COCC(F)(F)F)oc1C(=O)O. The number of carboxylic acid groups (broad SMARTS) is 1. The third-order valence-corrected chi connectivity index (χ3v) is 1.93. The zero-order chi connectivity index (χ0) is 13.9. The largest absolute Gasteiger partial charge is 0.475 e. The van der Waals surface area contributed by atoms with Crippen LogP contribution in [0.5, 0.6) is 0 Å². The first-order chi connectivity index (χ1) is 8.20. The van der Waals surface area contributed by atoms with Crippen molar-refractivity contribution in [3.63, 3.8) is 0 Å². The lowest BCUT2D eigenvalue weighted by molar-refractivity contribution is -0.177. The lowest BCUT2D eigenvalue weighted by Gasteiger charge is -2.04. The highest BCUT2D eigenvalue weighted by molar-refractivity contribution is 5.85. The normalized spacial score (nSPS) is 12.1. The van der Waals surface area contributed by atoms with Crippen molar-refractivity contribution in [3.8, 4) is 0 Å². The average Bonchev–Trinajstić information content (AvgIpc) is 2.60. The molecule has 1 N–H and O–H groups in total. The second kappa shape index (κ2) is 5.38. The van der Waals surface area contributed by atoms with Crippen molar-refractivity contribution >= 4 is 5.97 Å². The molecule has 1 heterocycles. The monoisotopic (exact) mass is 267 g/mol. The number of hydrogen-bond acceptors (Lipinski definition) is 4. The molecule has 0 atom stereocenters. The van der Waals surface area contributed by atoms with E-state index in [1.54, 1.807) is 13.8 Å². The fraction of sp³-hybridized carbons (Fsp3) is 0.600. The van der Waals surface area contributed by atoms with Crippen LogP contribution in [0, 0.1) is 0 Å². The number of aromatic nitrogens is 1. The maximum Gasteiger partial charge on any atom is 0.411 e. The Morgan fingerprint density at radius 1 is 1.50 bits per heavy atom. The van der Waals surface area contributed by atoms with Gasteiger partial charge in [-0.1, -0.05) is 13.8 Å². The Morgan fingerprint density at radius 2 is 2.11 bits per heavy atom. The molecule has 0 aromatic carbocycles. The summed E-state index contributed by atoms with van der Waals surface area (Å²) in [5.74, 6) is -2.07. The van der Waals surface area contributed by atoms with Crippen molar-refractivity contribution in [2.75, 3.05) is 6.61 Å². The zero-order valence-electron chi connectivity index (χ0n) is 9.74. The van der Waals surface area contributed by atoms with Gasteiger partial charge in [0.25, 0.3) is 0 Å². The minimum absolute atomic E-state index is 0.180. The summed E-state index contributed by atoms with van der Waals surface area (Å²) in [6, 6.07) is 0. The number of carboxylic acids is 1. The van der Waals surface area contributed by atoms with Crippen LogP contribution in [-0.2, 0) is 11.3 Å². The molecule has 8 heteroatoms. The number of ether oxygens (including phenoxy) is 1. The van der Waals surface area contributed by atoms with Gasteiger partial charge in [-0.15, -0.1) is 0 Å². The molecule has 0 radical (unpaired) electrons. The number of halogens is 3. The molecule has 0 saturated carbocycles. The van der Waals surface area contributed by atoms with Crippen LogP contribution in [0.4, 0.5) is 13.2 Å². The van der Waals surface area contributed by atoms with E-state index >= 15 is 0 Å². The molecule has 0 bridgehead atoms. The second-order valence-electron chi connectivity index (χ2n) is 3.89. The summed E-state index contributed by atoms with van der Waals surface area (Å²) in [5, 5.41) is 8.83. The Morgan fingerprint density at radius 3 is 2.50 bits per heavy atom. The summed E-state index contributed by atoms with van der Waals surface area (Å²) in [6.07, 6.45) is -4.44. The number of oxazole rings is 1. The molecule has 1 rings (SSSR count). The number of rotatable bonds is 5.